The third-order valence-electron chi connectivity index (χ3n) is 4.58. The van der Waals surface area contributed by atoms with E-state index in [1.54, 1.807) is 49.5 Å². The number of pyridine rings is 2. The van der Waals surface area contributed by atoms with Gasteiger partial charge in [0.25, 0.3) is 5.56 Å². The fraction of sp³-hybridized carbons (Fsp3) is 0.0455. The molecular formula is C22H14Cl2N2O2. The predicted molar refractivity (Wildman–Crippen MR) is 112 cm³/mol. The SMILES string of the molecule is Cn1c(=O)cc(-c2cccc(Cl)c2)c2cc(C(=O)c3ccc(Cl)cc3)cnc21. The van der Waals surface area contributed by atoms with Crippen molar-refractivity contribution in [1.29, 1.82) is 0 Å². The van der Waals surface area contributed by atoms with E-state index < -0.39 is 0 Å². The Hall–Kier alpha value is -2.95. The number of carbonyl (C=O) groups is 1. The molecule has 0 radical (unpaired) electrons. The minimum Gasteiger partial charge on any atom is -0.296 e. The molecule has 0 atom stereocenters. The van der Waals surface area contributed by atoms with Gasteiger partial charge in [0.15, 0.2) is 5.78 Å². The molecule has 0 aliphatic heterocycles. The van der Waals surface area contributed by atoms with E-state index in [9.17, 15) is 9.59 Å². The molecule has 0 bridgehead atoms. The molecule has 138 valence electrons. The number of hydrogen-bond donors (Lipinski definition) is 0. The summed E-state index contributed by atoms with van der Waals surface area (Å²) in [5, 5.41) is 1.82. The van der Waals surface area contributed by atoms with Crippen molar-refractivity contribution in [2.75, 3.05) is 0 Å². The van der Waals surface area contributed by atoms with Crippen LogP contribution in [0.3, 0.4) is 0 Å². The Morgan fingerprint density at radius 3 is 2.39 bits per heavy atom. The first kappa shape index (κ1) is 18.4. The van der Waals surface area contributed by atoms with Crippen molar-refractivity contribution in [3.8, 4) is 11.1 Å². The van der Waals surface area contributed by atoms with Crippen molar-refractivity contribution in [3.63, 3.8) is 0 Å². The average Bonchev–Trinajstić information content (AvgIpc) is 2.70. The second kappa shape index (κ2) is 7.23. The fourth-order valence-electron chi connectivity index (χ4n) is 3.11. The maximum absolute atomic E-state index is 12.9. The number of carbonyl (C=O) groups excluding carboxylic acids is 1. The van der Waals surface area contributed by atoms with Gasteiger partial charge < -0.3 is 0 Å². The summed E-state index contributed by atoms with van der Waals surface area (Å²) in [6.45, 7) is 0. The van der Waals surface area contributed by atoms with Gasteiger partial charge >= 0.3 is 0 Å². The smallest absolute Gasteiger partial charge is 0.252 e. The van der Waals surface area contributed by atoms with Gasteiger partial charge in [-0.1, -0.05) is 35.3 Å². The number of aromatic nitrogens is 2. The van der Waals surface area contributed by atoms with Crippen molar-refractivity contribution in [2.45, 2.75) is 0 Å². The van der Waals surface area contributed by atoms with E-state index in [4.69, 9.17) is 23.2 Å². The topological polar surface area (TPSA) is 52.0 Å². The number of benzene rings is 2. The van der Waals surface area contributed by atoms with E-state index >= 15 is 0 Å². The van der Waals surface area contributed by atoms with Crippen LogP contribution in [0.1, 0.15) is 15.9 Å². The normalized spacial score (nSPS) is 11.0. The van der Waals surface area contributed by atoms with E-state index in [1.807, 2.05) is 12.1 Å². The molecule has 0 saturated carbocycles. The Bertz CT molecular complexity index is 1280. The van der Waals surface area contributed by atoms with Gasteiger partial charge in [0.1, 0.15) is 5.65 Å². The standard InChI is InChI=1S/C22H14Cl2N2O2/c1-26-20(27)11-18(14-3-2-4-17(24)9-14)19-10-15(12-25-22(19)26)21(28)13-5-7-16(23)8-6-13/h2-12H,1H3. The molecule has 2 aromatic heterocycles. The Labute approximate surface area is 171 Å². The maximum Gasteiger partial charge on any atom is 0.252 e. The summed E-state index contributed by atoms with van der Waals surface area (Å²) in [5.74, 6) is -0.169. The molecule has 6 heteroatoms. The minimum absolute atomic E-state index is 0.169. The summed E-state index contributed by atoms with van der Waals surface area (Å²) >= 11 is 12.0. The lowest BCUT2D eigenvalue weighted by Crippen LogP contribution is -2.17. The highest BCUT2D eigenvalue weighted by atomic mass is 35.5. The molecule has 4 rings (SSSR count). The van der Waals surface area contributed by atoms with E-state index in [1.165, 1.54) is 16.8 Å². The first-order valence-corrected chi connectivity index (χ1v) is 9.25. The summed E-state index contributed by atoms with van der Waals surface area (Å²) in [6.07, 6.45) is 1.49. The van der Waals surface area contributed by atoms with Crippen LogP contribution in [0.15, 0.2) is 71.7 Å². The molecule has 0 fully saturated rings. The van der Waals surface area contributed by atoms with Crippen LogP contribution in [0.2, 0.25) is 10.0 Å². The lowest BCUT2D eigenvalue weighted by Gasteiger charge is -2.11. The highest BCUT2D eigenvalue weighted by Crippen LogP contribution is 2.29. The summed E-state index contributed by atoms with van der Waals surface area (Å²) in [5.41, 5.74) is 2.71. The number of halogens is 2. The second-order valence-electron chi connectivity index (χ2n) is 6.40. The lowest BCUT2D eigenvalue weighted by molar-refractivity contribution is 0.103. The number of fused-ring (bicyclic) bond motifs is 1. The van der Waals surface area contributed by atoms with Crippen LogP contribution in [-0.2, 0) is 7.05 Å². The first-order valence-electron chi connectivity index (χ1n) is 8.50. The van der Waals surface area contributed by atoms with Crippen LogP contribution in [-0.4, -0.2) is 15.3 Å². The quantitative estimate of drug-likeness (QED) is 0.441. The summed E-state index contributed by atoms with van der Waals surface area (Å²) < 4.78 is 1.46. The van der Waals surface area contributed by atoms with Gasteiger partial charge in [0.2, 0.25) is 0 Å². The molecule has 0 aliphatic rings. The summed E-state index contributed by atoms with van der Waals surface area (Å²) in [4.78, 5) is 29.7. The molecular weight excluding hydrogens is 395 g/mol. The van der Waals surface area contributed by atoms with Crippen molar-refractivity contribution in [3.05, 3.63) is 98.4 Å². The van der Waals surface area contributed by atoms with Crippen molar-refractivity contribution < 1.29 is 4.79 Å². The Balaban J connectivity index is 1.94. The second-order valence-corrected chi connectivity index (χ2v) is 7.27. The summed E-state index contributed by atoms with van der Waals surface area (Å²) in [7, 11) is 1.65. The van der Waals surface area contributed by atoms with Gasteiger partial charge in [-0.2, -0.15) is 0 Å². The molecule has 0 amide bonds. The molecule has 28 heavy (non-hydrogen) atoms. The lowest BCUT2D eigenvalue weighted by atomic mass is 9.99. The van der Waals surface area contributed by atoms with E-state index in [0.29, 0.717) is 37.8 Å². The van der Waals surface area contributed by atoms with Crippen LogP contribution in [0.25, 0.3) is 22.2 Å². The van der Waals surface area contributed by atoms with Gasteiger partial charge in [-0.3, -0.25) is 14.2 Å². The van der Waals surface area contributed by atoms with Gasteiger partial charge in [-0.05, 0) is 53.6 Å². The zero-order valence-electron chi connectivity index (χ0n) is 14.8. The number of aryl methyl sites for hydroxylation is 1. The van der Waals surface area contributed by atoms with Crippen molar-refractivity contribution >= 4 is 40.0 Å². The van der Waals surface area contributed by atoms with Gasteiger partial charge in [-0.15, -0.1) is 0 Å². The Morgan fingerprint density at radius 1 is 0.929 bits per heavy atom. The largest absolute Gasteiger partial charge is 0.296 e. The van der Waals surface area contributed by atoms with Crippen LogP contribution >= 0.6 is 23.2 Å². The molecule has 0 saturated heterocycles. The number of hydrogen-bond acceptors (Lipinski definition) is 3. The van der Waals surface area contributed by atoms with Gasteiger partial charge in [0.05, 0.1) is 0 Å². The van der Waals surface area contributed by atoms with Crippen molar-refractivity contribution in [1.82, 2.24) is 9.55 Å². The maximum atomic E-state index is 12.9. The third kappa shape index (κ3) is 3.33. The molecule has 4 aromatic rings. The highest BCUT2D eigenvalue weighted by Gasteiger charge is 2.15. The van der Waals surface area contributed by atoms with Gasteiger partial charge in [-0.25, -0.2) is 4.98 Å². The predicted octanol–water partition coefficient (Wildman–Crippen LogP) is 5.14. The van der Waals surface area contributed by atoms with Crippen LogP contribution < -0.4 is 5.56 Å². The third-order valence-corrected chi connectivity index (χ3v) is 5.06. The zero-order valence-corrected chi connectivity index (χ0v) is 16.3. The van der Waals surface area contributed by atoms with Crippen LogP contribution in [0.4, 0.5) is 0 Å². The molecule has 2 heterocycles. The molecule has 2 aromatic carbocycles. The van der Waals surface area contributed by atoms with Crippen LogP contribution in [0, 0.1) is 0 Å². The highest BCUT2D eigenvalue weighted by molar-refractivity contribution is 6.31. The molecule has 4 nitrogen and oxygen atoms in total. The first-order chi connectivity index (χ1) is 13.4. The van der Waals surface area contributed by atoms with E-state index in [-0.39, 0.29) is 11.3 Å². The van der Waals surface area contributed by atoms with Crippen molar-refractivity contribution in [2.24, 2.45) is 7.05 Å². The molecule has 0 aliphatic carbocycles. The van der Waals surface area contributed by atoms with E-state index in [0.717, 1.165) is 5.56 Å². The van der Waals surface area contributed by atoms with Gasteiger partial charge in [0, 0.05) is 45.9 Å². The zero-order chi connectivity index (χ0) is 19.8. The number of ketones is 1. The molecule has 0 spiro atoms. The van der Waals surface area contributed by atoms with Crippen LogP contribution in [0.5, 0.6) is 0 Å². The summed E-state index contributed by atoms with van der Waals surface area (Å²) in [6, 6.07) is 17.2. The fourth-order valence-corrected chi connectivity index (χ4v) is 3.43. The monoisotopic (exact) mass is 408 g/mol. The van der Waals surface area contributed by atoms with E-state index in [2.05, 4.69) is 4.98 Å². The molecule has 0 N–H and O–H groups in total. The average molecular weight is 409 g/mol. The molecule has 0 unspecified atom stereocenters. The Morgan fingerprint density at radius 2 is 1.68 bits per heavy atom. The number of nitrogens with zero attached hydrogens (tertiary/aromatic N) is 2. The Kier molecular flexibility index (Phi) is 4.75. The minimum atomic E-state index is -0.188. The number of rotatable bonds is 3.